The van der Waals surface area contributed by atoms with Crippen molar-refractivity contribution < 1.29 is 4.79 Å². The molecule has 1 aliphatic rings. The molecule has 2 heteroatoms. The minimum Gasteiger partial charge on any atom is -0.342 e. The number of carbonyl (C=O) groups is 1. The maximum absolute atomic E-state index is 11.8. The average Bonchev–Trinajstić information content (AvgIpc) is 2.26. The van der Waals surface area contributed by atoms with E-state index in [1.165, 1.54) is 12.8 Å². The van der Waals surface area contributed by atoms with Crippen molar-refractivity contribution in [2.24, 2.45) is 35.5 Å². The number of nitrogens with zero attached hydrogens (tertiary/aromatic N) is 1. The second kappa shape index (κ2) is 6.95. The molecule has 1 rings (SSSR count). The van der Waals surface area contributed by atoms with E-state index in [1.54, 1.807) is 6.92 Å². The van der Waals surface area contributed by atoms with Crippen molar-refractivity contribution in [3.05, 3.63) is 0 Å². The van der Waals surface area contributed by atoms with Crippen molar-refractivity contribution in [1.29, 1.82) is 0 Å². The molecule has 2 nitrogen and oxygen atoms in total. The molecule has 0 aromatic carbocycles. The van der Waals surface area contributed by atoms with Crippen LogP contribution < -0.4 is 0 Å². The van der Waals surface area contributed by atoms with Crippen molar-refractivity contribution in [2.45, 2.75) is 67.3 Å². The van der Waals surface area contributed by atoms with Gasteiger partial charge in [0.2, 0.25) is 5.91 Å². The first-order valence-electron chi connectivity index (χ1n) is 8.40. The molecule has 0 aliphatic heterocycles. The molecular formula is C18H35NO. The van der Waals surface area contributed by atoms with E-state index in [1.807, 2.05) is 11.9 Å². The summed E-state index contributed by atoms with van der Waals surface area (Å²) in [5, 5.41) is 0. The molecule has 0 saturated heterocycles. The molecule has 4 unspecified atom stereocenters. The van der Waals surface area contributed by atoms with Gasteiger partial charge in [0.15, 0.2) is 0 Å². The molecular weight excluding hydrogens is 246 g/mol. The van der Waals surface area contributed by atoms with Crippen LogP contribution in [0.15, 0.2) is 0 Å². The number of hydrogen-bond acceptors (Lipinski definition) is 1. The van der Waals surface area contributed by atoms with Crippen LogP contribution in [0.25, 0.3) is 0 Å². The summed E-state index contributed by atoms with van der Waals surface area (Å²) < 4.78 is 0. The standard InChI is InChI=1S/C18H35NO/c1-11(2)17-12(3)9-14(5)18(19(8)16(7)20)15(6)10-13(17)4/h11-15,17-18H,9-10H2,1-8H3. The zero-order valence-corrected chi connectivity index (χ0v) is 14.8. The lowest BCUT2D eigenvalue weighted by molar-refractivity contribution is -0.132. The summed E-state index contributed by atoms with van der Waals surface area (Å²) in [4.78, 5) is 13.8. The van der Waals surface area contributed by atoms with Crippen molar-refractivity contribution in [2.75, 3.05) is 7.05 Å². The summed E-state index contributed by atoms with van der Waals surface area (Å²) in [6.45, 7) is 15.9. The third kappa shape index (κ3) is 3.77. The summed E-state index contributed by atoms with van der Waals surface area (Å²) >= 11 is 0. The monoisotopic (exact) mass is 281 g/mol. The van der Waals surface area contributed by atoms with Crippen LogP contribution in [0.2, 0.25) is 0 Å². The Labute approximate surface area is 126 Å². The molecule has 0 aromatic rings. The van der Waals surface area contributed by atoms with E-state index < -0.39 is 0 Å². The van der Waals surface area contributed by atoms with Gasteiger partial charge in [-0.3, -0.25) is 4.79 Å². The highest BCUT2D eigenvalue weighted by Crippen LogP contribution is 2.41. The summed E-state index contributed by atoms with van der Waals surface area (Å²) in [7, 11) is 1.98. The quantitative estimate of drug-likeness (QED) is 0.732. The van der Waals surface area contributed by atoms with Crippen molar-refractivity contribution in [3.8, 4) is 0 Å². The summed E-state index contributed by atoms with van der Waals surface area (Å²) in [5.74, 6) is 4.43. The Bertz CT molecular complexity index is 307. The molecule has 0 spiro atoms. The molecule has 4 atom stereocenters. The molecule has 1 saturated carbocycles. The van der Waals surface area contributed by atoms with Gasteiger partial charge in [-0.05, 0) is 48.3 Å². The van der Waals surface area contributed by atoms with Gasteiger partial charge in [0.1, 0.15) is 0 Å². The number of hydrogen-bond donors (Lipinski definition) is 0. The van der Waals surface area contributed by atoms with Gasteiger partial charge in [0.25, 0.3) is 0 Å². The fourth-order valence-corrected chi connectivity index (χ4v) is 5.18. The smallest absolute Gasteiger partial charge is 0.219 e. The Kier molecular flexibility index (Phi) is 6.09. The zero-order chi connectivity index (χ0) is 15.6. The molecule has 1 fully saturated rings. The lowest BCUT2D eigenvalue weighted by Crippen LogP contribution is -2.47. The van der Waals surface area contributed by atoms with E-state index >= 15 is 0 Å². The minimum atomic E-state index is 0.204. The van der Waals surface area contributed by atoms with Gasteiger partial charge in [-0.1, -0.05) is 41.5 Å². The van der Waals surface area contributed by atoms with Crippen LogP contribution in [0.3, 0.4) is 0 Å². The maximum Gasteiger partial charge on any atom is 0.219 e. The fourth-order valence-electron chi connectivity index (χ4n) is 5.18. The summed E-state index contributed by atoms with van der Waals surface area (Å²) in [6.07, 6.45) is 2.47. The van der Waals surface area contributed by atoms with Gasteiger partial charge in [-0.15, -0.1) is 0 Å². The number of carbonyl (C=O) groups excluding carboxylic acids is 1. The van der Waals surface area contributed by atoms with Crippen LogP contribution in [0.5, 0.6) is 0 Å². The lowest BCUT2D eigenvalue weighted by atomic mass is 9.65. The highest BCUT2D eigenvalue weighted by atomic mass is 16.2. The molecule has 0 bridgehead atoms. The molecule has 0 radical (unpaired) electrons. The minimum absolute atomic E-state index is 0.204. The highest BCUT2D eigenvalue weighted by molar-refractivity contribution is 5.73. The van der Waals surface area contributed by atoms with Gasteiger partial charge < -0.3 is 4.90 Å². The van der Waals surface area contributed by atoms with Gasteiger partial charge in [-0.2, -0.15) is 0 Å². The fraction of sp³-hybridized carbons (Fsp3) is 0.944. The zero-order valence-electron chi connectivity index (χ0n) is 14.8. The molecule has 118 valence electrons. The average molecular weight is 281 g/mol. The highest BCUT2D eigenvalue weighted by Gasteiger charge is 2.38. The molecule has 1 aliphatic carbocycles. The van der Waals surface area contributed by atoms with Crippen molar-refractivity contribution in [1.82, 2.24) is 4.90 Å². The molecule has 20 heavy (non-hydrogen) atoms. The first kappa shape index (κ1) is 17.5. The SMILES string of the molecule is CC(=O)N(C)C1C(C)CC(C)C(C(C)C)C(C)CC1C. The van der Waals surface area contributed by atoms with E-state index in [0.717, 1.165) is 23.7 Å². The topological polar surface area (TPSA) is 20.3 Å². The van der Waals surface area contributed by atoms with Crippen LogP contribution >= 0.6 is 0 Å². The Morgan fingerprint density at radius 2 is 1.35 bits per heavy atom. The second-order valence-corrected chi connectivity index (χ2v) is 7.82. The van der Waals surface area contributed by atoms with Gasteiger partial charge in [-0.25, -0.2) is 0 Å². The van der Waals surface area contributed by atoms with Gasteiger partial charge >= 0.3 is 0 Å². The van der Waals surface area contributed by atoms with Crippen LogP contribution in [0.1, 0.15) is 61.3 Å². The van der Waals surface area contributed by atoms with E-state index in [2.05, 4.69) is 41.5 Å². The normalized spacial score (nSPS) is 39.2. The Hall–Kier alpha value is -0.530. The van der Waals surface area contributed by atoms with Crippen LogP contribution in [0, 0.1) is 35.5 Å². The molecule has 0 N–H and O–H groups in total. The molecule has 1 amide bonds. The summed E-state index contributed by atoms with van der Waals surface area (Å²) in [6, 6.07) is 0.394. The van der Waals surface area contributed by atoms with Gasteiger partial charge in [0.05, 0.1) is 0 Å². The third-order valence-corrected chi connectivity index (χ3v) is 5.68. The Morgan fingerprint density at radius 3 is 1.65 bits per heavy atom. The first-order chi connectivity index (χ1) is 9.16. The predicted molar refractivity (Wildman–Crippen MR) is 86.5 cm³/mol. The van der Waals surface area contributed by atoms with Crippen LogP contribution in [0.4, 0.5) is 0 Å². The van der Waals surface area contributed by atoms with Crippen LogP contribution in [-0.2, 0) is 4.79 Å². The van der Waals surface area contributed by atoms with E-state index in [9.17, 15) is 4.79 Å². The second-order valence-electron chi connectivity index (χ2n) is 7.82. The van der Waals surface area contributed by atoms with E-state index in [4.69, 9.17) is 0 Å². The van der Waals surface area contributed by atoms with Gasteiger partial charge in [0, 0.05) is 20.0 Å². The van der Waals surface area contributed by atoms with E-state index in [-0.39, 0.29) is 5.91 Å². The van der Waals surface area contributed by atoms with E-state index in [0.29, 0.717) is 17.9 Å². The Morgan fingerprint density at radius 1 is 0.950 bits per heavy atom. The lowest BCUT2D eigenvalue weighted by Gasteiger charge is -2.45. The predicted octanol–water partition coefficient (Wildman–Crippen LogP) is 4.44. The number of rotatable bonds is 2. The van der Waals surface area contributed by atoms with Crippen LogP contribution in [-0.4, -0.2) is 23.9 Å². The molecule has 0 heterocycles. The first-order valence-corrected chi connectivity index (χ1v) is 8.40. The Balaban J connectivity index is 2.98. The third-order valence-electron chi connectivity index (χ3n) is 5.68. The maximum atomic E-state index is 11.8. The number of amides is 1. The molecule has 0 aromatic heterocycles. The summed E-state index contributed by atoms with van der Waals surface area (Å²) in [5.41, 5.74) is 0. The van der Waals surface area contributed by atoms with Crippen molar-refractivity contribution >= 4 is 5.91 Å². The van der Waals surface area contributed by atoms with Crippen molar-refractivity contribution in [3.63, 3.8) is 0 Å². The largest absolute Gasteiger partial charge is 0.342 e.